The summed E-state index contributed by atoms with van der Waals surface area (Å²) in [4.78, 5) is 25.2. The molecule has 0 heterocycles. The van der Waals surface area contributed by atoms with E-state index >= 15 is 0 Å². The van der Waals surface area contributed by atoms with Gasteiger partial charge in [0.05, 0.1) is 0 Å². The van der Waals surface area contributed by atoms with Gasteiger partial charge in [0.2, 0.25) is 0 Å². The number of nitrogens with zero attached hydrogens (tertiary/aromatic N) is 1. The minimum absolute atomic E-state index is 0.317. The molecule has 6 nitrogen and oxygen atoms in total. The molecule has 0 aliphatic rings. The van der Waals surface area contributed by atoms with E-state index in [-0.39, 0.29) is 0 Å². The van der Waals surface area contributed by atoms with Gasteiger partial charge in [-0.15, -0.1) is 0 Å². The summed E-state index contributed by atoms with van der Waals surface area (Å²) in [5, 5.41) is 5.20. The minimum Gasteiger partial charge on any atom is -0.348 e. The summed E-state index contributed by atoms with van der Waals surface area (Å²) in [5.41, 5.74) is 7.48. The van der Waals surface area contributed by atoms with Crippen molar-refractivity contribution in [2.45, 2.75) is 19.5 Å². The second-order valence-corrected chi connectivity index (χ2v) is 5.12. The average molecular weight is 292 g/mol. The topological polar surface area (TPSA) is 87.5 Å². The third kappa shape index (κ3) is 6.87. The second-order valence-electron chi connectivity index (χ2n) is 5.12. The van der Waals surface area contributed by atoms with Crippen LogP contribution in [0.4, 0.5) is 0 Å². The number of hydrogen-bond acceptors (Lipinski definition) is 4. The van der Waals surface area contributed by atoms with Crippen LogP contribution in [0.2, 0.25) is 0 Å². The molecular formula is C15H24N4O2. The molecule has 0 unspecified atom stereocenters. The highest BCUT2D eigenvalue weighted by molar-refractivity contribution is 6.35. The van der Waals surface area contributed by atoms with Crippen LogP contribution in [0.15, 0.2) is 24.3 Å². The molecule has 6 heteroatoms. The summed E-state index contributed by atoms with van der Waals surface area (Å²) < 4.78 is 0. The number of rotatable bonds is 7. The number of carbonyl (C=O) groups is 2. The molecule has 1 aromatic rings. The van der Waals surface area contributed by atoms with E-state index in [1.165, 1.54) is 0 Å². The Bertz CT molecular complexity index is 474. The van der Waals surface area contributed by atoms with Crippen molar-refractivity contribution in [2.24, 2.45) is 5.73 Å². The minimum atomic E-state index is -0.613. The predicted octanol–water partition coefficient (Wildman–Crippen LogP) is -0.171. The molecule has 0 spiro atoms. The van der Waals surface area contributed by atoms with Crippen molar-refractivity contribution in [3.05, 3.63) is 35.4 Å². The van der Waals surface area contributed by atoms with E-state index in [1.54, 1.807) is 0 Å². The Morgan fingerprint density at radius 3 is 2.48 bits per heavy atom. The van der Waals surface area contributed by atoms with E-state index in [0.29, 0.717) is 19.6 Å². The molecule has 0 aliphatic carbocycles. The van der Waals surface area contributed by atoms with Crippen molar-refractivity contribution in [3.63, 3.8) is 0 Å². The van der Waals surface area contributed by atoms with E-state index < -0.39 is 11.8 Å². The van der Waals surface area contributed by atoms with Gasteiger partial charge in [0.25, 0.3) is 0 Å². The van der Waals surface area contributed by atoms with E-state index in [4.69, 9.17) is 5.73 Å². The van der Waals surface area contributed by atoms with E-state index in [0.717, 1.165) is 24.1 Å². The first kappa shape index (κ1) is 17.1. The van der Waals surface area contributed by atoms with Crippen LogP contribution in [-0.4, -0.2) is 43.9 Å². The smallest absolute Gasteiger partial charge is 0.309 e. The number of nitrogens with two attached hydrogens (primary N) is 1. The van der Waals surface area contributed by atoms with Gasteiger partial charge >= 0.3 is 11.8 Å². The third-order valence-electron chi connectivity index (χ3n) is 2.95. The Morgan fingerprint density at radius 1 is 1.14 bits per heavy atom. The van der Waals surface area contributed by atoms with Gasteiger partial charge in [0.15, 0.2) is 0 Å². The largest absolute Gasteiger partial charge is 0.348 e. The van der Waals surface area contributed by atoms with Gasteiger partial charge in [-0.25, -0.2) is 0 Å². The van der Waals surface area contributed by atoms with E-state index in [9.17, 15) is 9.59 Å². The molecule has 0 bridgehead atoms. The van der Waals surface area contributed by atoms with Crippen molar-refractivity contribution in [3.8, 4) is 0 Å². The van der Waals surface area contributed by atoms with Crippen LogP contribution in [0.1, 0.15) is 17.5 Å². The van der Waals surface area contributed by atoms with Gasteiger partial charge in [0, 0.05) is 19.6 Å². The first-order chi connectivity index (χ1) is 10.0. The zero-order valence-corrected chi connectivity index (χ0v) is 12.7. The maximum Gasteiger partial charge on any atom is 0.309 e. The summed E-state index contributed by atoms with van der Waals surface area (Å²) in [6.07, 6.45) is 0.810. The van der Waals surface area contributed by atoms with Gasteiger partial charge in [-0.05, 0) is 38.2 Å². The third-order valence-corrected chi connectivity index (χ3v) is 2.95. The maximum atomic E-state index is 11.6. The van der Waals surface area contributed by atoms with Crippen LogP contribution in [-0.2, 0) is 22.7 Å². The highest BCUT2D eigenvalue weighted by Crippen LogP contribution is 2.03. The van der Waals surface area contributed by atoms with Crippen LogP contribution in [0.25, 0.3) is 0 Å². The lowest BCUT2D eigenvalue weighted by molar-refractivity contribution is -0.139. The molecule has 0 aliphatic heterocycles. The Morgan fingerprint density at radius 2 is 1.81 bits per heavy atom. The molecule has 1 rings (SSSR count). The monoisotopic (exact) mass is 292 g/mol. The van der Waals surface area contributed by atoms with Gasteiger partial charge in [-0.1, -0.05) is 24.3 Å². The average Bonchev–Trinajstić information content (AvgIpc) is 2.48. The molecule has 21 heavy (non-hydrogen) atoms. The van der Waals surface area contributed by atoms with Crippen molar-refractivity contribution < 1.29 is 9.59 Å². The lowest BCUT2D eigenvalue weighted by Crippen LogP contribution is -2.40. The summed E-state index contributed by atoms with van der Waals surface area (Å²) in [5.74, 6) is -1.21. The quantitative estimate of drug-likeness (QED) is 0.481. The Hall–Kier alpha value is -1.92. The number of benzene rings is 1. The first-order valence-electron chi connectivity index (χ1n) is 7.01. The molecule has 0 aromatic heterocycles. The fourth-order valence-corrected chi connectivity index (χ4v) is 1.81. The predicted molar refractivity (Wildman–Crippen MR) is 82.4 cm³/mol. The molecule has 0 radical (unpaired) electrons. The lowest BCUT2D eigenvalue weighted by atomic mass is 10.1. The second kappa shape index (κ2) is 9.10. The van der Waals surface area contributed by atoms with Crippen LogP contribution >= 0.6 is 0 Å². The normalized spacial score (nSPS) is 10.5. The number of amides is 2. The molecule has 0 saturated heterocycles. The maximum absolute atomic E-state index is 11.6. The van der Waals surface area contributed by atoms with Gasteiger partial charge in [-0.2, -0.15) is 0 Å². The van der Waals surface area contributed by atoms with Gasteiger partial charge < -0.3 is 21.3 Å². The Balaban J connectivity index is 2.30. The Kier molecular flexibility index (Phi) is 7.42. The van der Waals surface area contributed by atoms with Crippen LogP contribution in [0.3, 0.4) is 0 Å². The van der Waals surface area contributed by atoms with Crippen molar-refractivity contribution in [2.75, 3.05) is 27.2 Å². The van der Waals surface area contributed by atoms with Gasteiger partial charge in [-0.3, -0.25) is 9.59 Å². The van der Waals surface area contributed by atoms with E-state index in [1.807, 2.05) is 43.3 Å². The van der Waals surface area contributed by atoms with Crippen molar-refractivity contribution >= 4 is 11.8 Å². The zero-order valence-electron chi connectivity index (χ0n) is 12.7. The van der Waals surface area contributed by atoms with Crippen LogP contribution in [0, 0.1) is 0 Å². The first-order valence-corrected chi connectivity index (χ1v) is 7.01. The molecule has 0 atom stereocenters. The molecular weight excluding hydrogens is 268 g/mol. The Labute approximate surface area is 125 Å². The number of nitrogens with one attached hydrogen (secondary N) is 2. The summed E-state index contributed by atoms with van der Waals surface area (Å²) >= 11 is 0. The highest BCUT2D eigenvalue weighted by atomic mass is 16.2. The fourth-order valence-electron chi connectivity index (χ4n) is 1.81. The molecule has 0 fully saturated rings. The molecule has 0 saturated carbocycles. The zero-order chi connectivity index (χ0) is 15.7. The standard InChI is InChI=1S/C15H24N4O2/c1-19(2)8-4-7-17-14(20)15(21)18-11-13-6-3-5-12(9-13)10-16/h3,5-6,9H,4,7-8,10-11,16H2,1-2H3,(H,17,20)(H,18,21). The van der Waals surface area contributed by atoms with Crippen molar-refractivity contribution in [1.29, 1.82) is 0 Å². The van der Waals surface area contributed by atoms with Gasteiger partial charge in [0.1, 0.15) is 0 Å². The van der Waals surface area contributed by atoms with Crippen LogP contribution in [0.5, 0.6) is 0 Å². The highest BCUT2D eigenvalue weighted by Gasteiger charge is 2.12. The molecule has 4 N–H and O–H groups in total. The lowest BCUT2D eigenvalue weighted by Gasteiger charge is -2.10. The summed E-state index contributed by atoms with van der Waals surface area (Å²) in [7, 11) is 3.92. The fraction of sp³-hybridized carbons (Fsp3) is 0.467. The number of carbonyl (C=O) groups excluding carboxylic acids is 2. The molecule has 116 valence electrons. The summed E-state index contributed by atoms with van der Waals surface area (Å²) in [6, 6.07) is 7.59. The summed E-state index contributed by atoms with van der Waals surface area (Å²) in [6.45, 7) is 2.13. The van der Waals surface area contributed by atoms with Crippen molar-refractivity contribution in [1.82, 2.24) is 15.5 Å². The molecule has 2 amide bonds. The van der Waals surface area contributed by atoms with E-state index in [2.05, 4.69) is 10.6 Å². The number of hydrogen-bond donors (Lipinski definition) is 3. The molecule has 1 aromatic carbocycles. The SMILES string of the molecule is CN(C)CCCNC(=O)C(=O)NCc1cccc(CN)c1. The van der Waals surface area contributed by atoms with Crippen LogP contribution < -0.4 is 16.4 Å².